The van der Waals surface area contributed by atoms with Gasteiger partial charge in [-0.25, -0.2) is 0 Å². The van der Waals surface area contributed by atoms with Crippen LogP contribution in [0.25, 0.3) is 0 Å². The summed E-state index contributed by atoms with van der Waals surface area (Å²) in [7, 11) is 0. The first-order valence-corrected chi connectivity index (χ1v) is 7.05. The molecule has 0 saturated carbocycles. The molecule has 1 aromatic heterocycles. The highest BCUT2D eigenvalue weighted by Gasteiger charge is 2.09. The summed E-state index contributed by atoms with van der Waals surface area (Å²) >= 11 is 0. The van der Waals surface area contributed by atoms with Crippen LogP contribution < -0.4 is 5.32 Å². The van der Waals surface area contributed by atoms with Gasteiger partial charge in [-0.2, -0.15) is 5.10 Å². The first kappa shape index (κ1) is 13.8. The van der Waals surface area contributed by atoms with Gasteiger partial charge in [-0.05, 0) is 30.9 Å². The van der Waals surface area contributed by atoms with E-state index in [-0.39, 0.29) is 0 Å². The lowest BCUT2D eigenvalue weighted by molar-refractivity contribution is 0.518. The maximum atomic E-state index is 4.06. The molecule has 2 rings (SSSR count). The van der Waals surface area contributed by atoms with Crippen molar-refractivity contribution in [1.29, 1.82) is 0 Å². The smallest absolute Gasteiger partial charge is 0.0535 e. The van der Waals surface area contributed by atoms with Gasteiger partial charge in [0.2, 0.25) is 0 Å². The number of benzene rings is 1. The van der Waals surface area contributed by atoms with E-state index in [1.165, 1.54) is 16.7 Å². The Morgan fingerprint density at radius 2 is 1.95 bits per heavy atom. The predicted octanol–water partition coefficient (Wildman–Crippen LogP) is 3.52. The van der Waals surface area contributed by atoms with Crippen molar-refractivity contribution in [1.82, 2.24) is 15.5 Å². The highest BCUT2D eigenvalue weighted by Crippen LogP contribution is 2.18. The van der Waals surface area contributed by atoms with Gasteiger partial charge in [0.05, 0.1) is 6.20 Å². The highest BCUT2D eigenvalue weighted by atomic mass is 15.1. The van der Waals surface area contributed by atoms with Gasteiger partial charge in [-0.15, -0.1) is 0 Å². The summed E-state index contributed by atoms with van der Waals surface area (Å²) < 4.78 is 0. The lowest BCUT2D eigenvalue weighted by atomic mass is 10.0. The van der Waals surface area contributed by atoms with Crippen molar-refractivity contribution < 1.29 is 0 Å². The average molecular weight is 257 g/mol. The Morgan fingerprint density at radius 3 is 2.47 bits per heavy atom. The Balaban J connectivity index is 2.01. The molecule has 19 heavy (non-hydrogen) atoms. The molecule has 3 heteroatoms. The van der Waals surface area contributed by atoms with Crippen LogP contribution in [0.15, 0.2) is 30.5 Å². The molecule has 1 unspecified atom stereocenters. The second kappa shape index (κ2) is 6.53. The molecule has 1 heterocycles. The van der Waals surface area contributed by atoms with Crippen molar-refractivity contribution in [2.45, 2.75) is 46.2 Å². The van der Waals surface area contributed by atoms with E-state index in [2.05, 4.69) is 60.6 Å². The van der Waals surface area contributed by atoms with E-state index in [4.69, 9.17) is 0 Å². The minimum atomic E-state index is 0.403. The molecule has 0 radical (unpaired) electrons. The standard InChI is InChI=1S/C16H23N3/c1-4-13-6-8-14(9-7-13)16(5-2)17-10-15-11-18-19-12(15)3/h6-9,11,16-17H,4-5,10H2,1-3H3,(H,18,19). The van der Waals surface area contributed by atoms with E-state index < -0.39 is 0 Å². The molecule has 0 saturated heterocycles. The Kier molecular flexibility index (Phi) is 4.74. The van der Waals surface area contributed by atoms with Crippen molar-refractivity contribution in [2.75, 3.05) is 0 Å². The van der Waals surface area contributed by atoms with Gasteiger partial charge in [0, 0.05) is 23.8 Å². The normalized spacial score (nSPS) is 12.6. The van der Waals surface area contributed by atoms with Crippen LogP contribution in [-0.2, 0) is 13.0 Å². The second-order valence-electron chi connectivity index (χ2n) is 4.96. The van der Waals surface area contributed by atoms with E-state index in [0.29, 0.717) is 6.04 Å². The lowest BCUT2D eigenvalue weighted by Crippen LogP contribution is -2.20. The molecule has 0 aliphatic rings. The zero-order valence-electron chi connectivity index (χ0n) is 12.0. The zero-order chi connectivity index (χ0) is 13.7. The van der Waals surface area contributed by atoms with Gasteiger partial charge >= 0.3 is 0 Å². The van der Waals surface area contributed by atoms with Crippen molar-refractivity contribution in [3.8, 4) is 0 Å². The Labute approximate surface area is 115 Å². The predicted molar refractivity (Wildman–Crippen MR) is 79.0 cm³/mol. The molecule has 0 spiro atoms. The quantitative estimate of drug-likeness (QED) is 0.831. The summed E-state index contributed by atoms with van der Waals surface area (Å²) in [4.78, 5) is 0. The van der Waals surface area contributed by atoms with E-state index in [9.17, 15) is 0 Å². The van der Waals surface area contributed by atoms with Crippen LogP contribution in [-0.4, -0.2) is 10.2 Å². The molecule has 0 amide bonds. The van der Waals surface area contributed by atoms with Gasteiger partial charge in [-0.1, -0.05) is 38.1 Å². The molecule has 0 bridgehead atoms. The molecule has 2 N–H and O–H groups in total. The minimum absolute atomic E-state index is 0.403. The van der Waals surface area contributed by atoms with Crippen LogP contribution in [0.3, 0.4) is 0 Å². The van der Waals surface area contributed by atoms with Gasteiger partial charge < -0.3 is 5.32 Å². The molecule has 0 aliphatic carbocycles. The zero-order valence-corrected chi connectivity index (χ0v) is 12.0. The fourth-order valence-electron chi connectivity index (χ4n) is 2.27. The number of nitrogens with one attached hydrogen (secondary N) is 2. The van der Waals surface area contributed by atoms with E-state index >= 15 is 0 Å². The number of nitrogens with zero attached hydrogens (tertiary/aromatic N) is 1. The molecular weight excluding hydrogens is 234 g/mol. The molecule has 3 nitrogen and oxygen atoms in total. The minimum Gasteiger partial charge on any atom is -0.306 e. The summed E-state index contributed by atoms with van der Waals surface area (Å²) in [5.74, 6) is 0. The molecule has 0 aliphatic heterocycles. The Bertz CT molecular complexity index is 499. The highest BCUT2D eigenvalue weighted by molar-refractivity contribution is 5.25. The summed E-state index contributed by atoms with van der Waals surface area (Å²) in [5.41, 5.74) is 5.14. The number of aryl methyl sites for hydroxylation is 2. The third-order valence-corrected chi connectivity index (χ3v) is 3.67. The van der Waals surface area contributed by atoms with Crippen molar-refractivity contribution in [3.05, 3.63) is 52.8 Å². The van der Waals surface area contributed by atoms with Crippen LogP contribution in [0.1, 0.15) is 48.7 Å². The molecule has 102 valence electrons. The largest absolute Gasteiger partial charge is 0.306 e. The summed E-state index contributed by atoms with van der Waals surface area (Å²) in [6, 6.07) is 9.33. The molecule has 2 aromatic rings. The van der Waals surface area contributed by atoms with E-state index in [1.807, 2.05) is 6.20 Å². The van der Waals surface area contributed by atoms with Crippen LogP contribution in [0.5, 0.6) is 0 Å². The fourth-order valence-corrected chi connectivity index (χ4v) is 2.27. The number of H-pyrrole nitrogens is 1. The number of hydrogen-bond acceptors (Lipinski definition) is 2. The van der Waals surface area contributed by atoms with Crippen LogP contribution in [0.2, 0.25) is 0 Å². The van der Waals surface area contributed by atoms with Gasteiger partial charge in [-0.3, -0.25) is 5.10 Å². The summed E-state index contributed by atoms with van der Waals surface area (Å²) in [6.07, 6.45) is 4.08. The van der Waals surface area contributed by atoms with Gasteiger partial charge in [0.15, 0.2) is 0 Å². The van der Waals surface area contributed by atoms with Gasteiger partial charge in [0.1, 0.15) is 0 Å². The number of rotatable bonds is 6. The summed E-state index contributed by atoms with van der Waals surface area (Å²) in [6.45, 7) is 7.32. The first-order valence-electron chi connectivity index (χ1n) is 7.05. The van der Waals surface area contributed by atoms with Crippen molar-refractivity contribution in [3.63, 3.8) is 0 Å². The maximum Gasteiger partial charge on any atom is 0.0535 e. The van der Waals surface area contributed by atoms with Crippen LogP contribution >= 0.6 is 0 Å². The number of hydrogen-bond donors (Lipinski definition) is 2. The van der Waals surface area contributed by atoms with Crippen molar-refractivity contribution in [2.24, 2.45) is 0 Å². The summed E-state index contributed by atoms with van der Waals surface area (Å²) in [5, 5.41) is 10.6. The molecular formula is C16H23N3. The first-order chi connectivity index (χ1) is 9.24. The average Bonchev–Trinajstić information content (AvgIpc) is 2.86. The fraction of sp³-hybridized carbons (Fsp3) is 0.438. The van der Waals surface area contributed by atoms with Crippen molar-refractivity contribution >= 4 is 0 Å². The molecule has 1 atom stereocenters. The Morgan fingerprint density at radius 1 is 1.21 bits per heavy atom. The third-order valence-electron chi connectivity index (χ3n) is 3.67. The van der Waals surface area contributed by atoms with Gasteiger partial charge in [0.25, 0.3) is 0 Å². The topological polar surface area (TPSA) is 40.7 Å². The van der Waals surface area contributed by atoms with E-state index in [1.54, 1.807) is 0 Å². The Hall–Kier alpha value is -1.61. The SMILES string of the molecule is CCc1ccc(C(CC)NCc2cn[nH]c2C)cc1. The second-order valence-corrected chi connectivity index (χ2v) is 4.96. The number of aromatic amines is 1. The molecule has 0 fully saturated rings. The van der Waals surface area contributed by atoms with E-state index in [0.717, 1.165) is 25.1 Å². The third kappa shape index (κ3) is 3.44. The molecule has 1 aromatic carbocycles. The lowest BCUT2D eigenvalue weighted by Gasteiger charge is -2.17. The maximum absolute atomic E-state index is 4.06. The van der Waals surface area contributed by atoms with Crippen LogP contribution in [0.4, 0.5) is 0 Å². The monoisotopic (exact) mass is 257 g/mol. The van der Waals surface area contributed by atoms with Crippen LogP contribution in [0, 0.1) is 6.92 Å². The number of aromatic nitrogens is 2.